The Morgan fingerprint density at radius 1 is 0.897 bits per heavy atom. The highest BCUT2D eigenvalue weighted by molar-refractivity contribution is 6.08. The Morgan fingerprint density at radius 3 is 2.36 bits per heavy atom. The summed E-state index contributed by atoms with van der Waals surface area (Å²) >= 11 is 0. The molecule has 0 aliphatic rings. The van der Waals surface area contributed by atoms with Crippen LogP contribution in [0.2, 0.25) is 0 Å². The smallest absolute Gasteiger partial charge is 0.261 e. The van der Waals surface area contributed by atoms with Gasteiger partial charge in [-0.2, -0.15) is 15.3 Å². The minimum Gasteiger partial charge on any atom is -0.497 e. The van der Waals surface area contributed by atoms with Crippen LogP contribution < -0.4 is 15.4 Å². The number of aromatic nitrogens is 9. The molecule has 0 fully saturated rings. The third-order valence-electron chi connectivity index (χ3n) is 5.86. The van der Waals surface area contributed by atoms with Gasteiger partial charge in [-0.15, -0.1) is 0 Å². The van der Waals surface area contributed by atoms with Crippen molar-refractivity contribution in [3.05, 3.63) is 79.1 Å². The molecule has 13 nitrogen and oxygen atoms in total. The number of carbonyl (C=O) groups is 1. The van der Waals surface area contributed by atoms with Crippen molar-refractivity contribution in [3.8, 4) is 28.5 Å². The molecule has 13 heteroatoms. The maximum atomic E-state index is 13.3. The molecule has 0 saturated heterocycles. The van der Waals surface area contributed by atoms with Crippen LogP contribution in [0.4, 0.5) is 17.2 Å². The predicted molar refractivity (Wildman–Crippen MR) is 144 cm³/mol. The normalized spacial score (nSPS) is 11.1. The number of rotatable bonds is 7. The number of anilines is 3. The molecule has 0 saturated carbocycles. The Balaban J connectivity index is 1.26. The Hall–Kier alpha value is -5.59. The van der Waals surface area contributed by atoms with Gasteiger partial charge in [-0.25, -0.2) is 19.5 Å². The van der Waals surface area contributed by atoms with Crippen LogP contribution in [-0.4, -0.2) is 57.1 Å². The van der Waals surface area contributed by atoms with Crippen LogP contribution in [-0.2, 0) is 14.1 Å². The second-order valence-electron chi connectivity index (χ2n) is 8.73. The number of nitrogens with one attached hydrogen (secondary N) is 2. The van der Waals surface area contributed by atoms with E-state index in [-0.39, 0.29) is 5.91 Å². The van der Waals surface area contributed by atoms with Gasteiger partial charge in [-0.1, -0.05) is 12.1 Å². The molecule has 0 spiro atoms. The van der Waals surface area contributed by atoms with E-state index in [1.54, 1.807) is 71.2 Å². The van der Waals surface area contributed by atoms with Crippen molar-refractivity contribution in [1.29, 1.82) is 0 Å². The van der Waals surface area contributed by atoms with Gasteiger partial charge in [0.25, 0.3) is 5.91 Å². The lowest BCUT2D eigenvalue weighted by atomic mass is 10.1. The van der Waals surface area contributed by atoms with Crippen LogP contribution in [0, 0.1) is 0 Å². The van der Waals surface area contributed by atoms with Crippen molar-refractivity contribution in [3.63, 3.8) is 0 Å². The Morgan fingerprint density at radius 2 is 1.64 bits per heavy atom. The van der Waals surface area contributed by atoms with E-state index in [1.165, 1.54) is 6.20 Å². The van der Waals surface area contributed by atoms with Crippen molar-refractivity contribution in [2.24, 2.45) is 14.1 Å². The van der Waals surface area contributed by atoms with Gasteiger partial charge in [0.05, 0.1) is 13.3 Å². The van der Waals surface area contributed by atoms with Crippen LogP contribution in [0.15, 0.2) is 73.6 Å². The number of methoxy groups -OCH3 is 1. The fraction of sp³-hybridized carbons (Fsp3) is 0.115. The van der Waals surface area contributed by atoms with E-state index in [4.69, 9.17) is 4.74 Å². The molecule has 1 amide bonds. The zero-order valence-corrected chi connectivity index (χ0v) is 21.3. The monoisotopic (exact) mass is 521 g/mol. The summed E-state index contributed by atoms with van der Waals surface area (Å²) in [7, 11) is 5.17. The van der Waals surface area contributed by atoms with Gasteiger partial charge in [-0.3, -0.25) is 14.2 Å². The first-order valence-corrected chi connectivity index (χ1v) is 11.9. The minimum absolute atomic E-state index is 0.311. The van der Waals surface area contributed by atoms with Crippen molar-refractivity contribution < 1.29 is 9.53 Å². The van der Waals surface area contributed by atoms with Crippen LogP contribution in [0.1, 0.15) is 10.4 Å². The minimum atomic E-state index is -0.369. The van der Waals surface area contributed by atoms with Crippen LogP contribution in [0.25, 0.3) is 28.4 Å². The maximum Gasteiger partial charge on any atom is 0.261 e. The molecule has 0 atom stereocenters. The highest BCUT2D eigenvalue weighted by Crippen LogP contribution is 2.27. The fourth-order valence-corrected chi connectivity index (χ4v) is 4.04. The van der Waals surface area contributed by atoms with E-state index < -0.39 is 0 Å². The summed E-state index contributed by atoms with van der Waals surface area (Å²) in [6, 6.07) is 14.8. The Labute approximate surface area is 222 Å². The zero-order valence-electron chi connectivity index (χ0n) is 21.3. The maximum absolute atomic E-state index is 13.3. The van der Waals surface area contributed by atoms with Crippen molar-refractivity contribution >= 4 is 28.7 Å². The SMILES string of the molecule is COc1cc(NC(=O)c2cnn3ccc(Nc4cccc(-c5ncn(C)n5)c4)nc23)cc(-c2ncn(C)n2)c1. The van der Waals surface area contributed by atoms with E-state index in [2.05, 4.69) is 40.9 Å². The molecule has 0 aliphatic carbocycles. The van der Waals surface area contributed by atoms with E-state index in [0.29, 0.717) is 45.7 Å². The molecule has 2 N–H and O–H groups in total. The lowest BCUT2D eigenvalue weighted by molar-refractivity contribution is 0.102. The molecule has 0 radical (unpaired) electrons. The number of carbonyl (C=O) groups excluding carboxylic acids is 1. The van der Waals surface area contributed by atoms with Crippen LogP contribution in [0.3, 0.4) is 0 Å². The van der Waals surface area contributed by atoms with Gasteiger partial charge < -0.3 is 15.4 Å². The summed E-state index contributed by atoms with van der Waals surface area (Å²) in [6.07, 6.45) is 6.48. The van der Waals surface area contributed by atoms with Crippen LogP contribution >= 0.6 is 0 Å². The van der Waals surface area contributed by atoms with E-state index in [0.717, 1.165) is 11.3 Å². The van der Waals surface area contributed by atoms with Gasteiger partial charge in [0.15, 0.2) is 17.3 Å². The molecule has 0 aliphatic heterocycles. The molecular formula is C26H23N11O2. The standard InChI is InChI=1S/C26H23N11O2/c1-35-14-27-23(33-35)16-5-4-6-18(9-16)30-22-7-8-37-25(32-22)21(13-29-37)26(38)31-19-10-17(11-20(12-19)39-3)24-28-15-36(2)34-24/h4-15H,1-3H3,(H,30,32)(H,31,38). The summed E-state index contributed by atoms with van der Waals surface area (Å²) in [5.41, 5.74) is 3.60. The number of amides is 1. The number of benzene rings is 2. The first-order chi connectivity index (χ1) is 18.9. The predicted octanol–water partition coefficient (Wildman–Crippen LogP) is 3.32. The number of hydrogen-bond acceptors (Lipinski definition) is 9. The van der Waals surface area contributed by atoms with E-state index in [1.807, 2.05) is 31.3 Å². The Bertz CT molecular complexity index is 1820. The summed E-state index contributed by atoms with van der Waals surface area (Å²) in [4.78, 5) is 26.5. The summed E-state index contributed by atoms with van der Waals surface area (Å²) in [5, 5.41) is 19.2. The fourth-order valence-electron chi connectivity index (χ4n) is 4.04. The summed E-state index contributed by atoms with van der Waals surface area (Å²) < 4.78 is 10.2. The number of fused-ring (bicyclic) bond motifs is 1. The number of ether oxygens (including phenoxy) is 1. The van der Waals surface area contributed by atoms with Crippen molar-refractivity contribution in [2.45, 2.75) is 0 Å². The molecule has 4 heterocycles. The lowest BCUT2D eigenvalue weighted by Gasteiger charge is -2.09. The third kappa shape index (κ3) is 4.87. The molecule has 0 bridgehead atoms. The molecule has 4 aromatic heterocycles. The highest BCUT2D eigenvalue weighted by atomic mass is 16.5. The third-order valence-corrected chi connectivity index (χ3v) is 5.86. The molecule has 194 valence electrons. The first-order valence-electron chi connectivity index (χ1n) is 11.9. The van der Waals surface area contributed by atoms with E-state index >= 15 is 0 Å². The summed E-state index contributed by atoms with van der Waals surface area (Å²) in [6.45, 7) is 0. The molecule has 39 heavy (non-hydrogen) atoms. The van der Waals surface area contributed by atoms with Crippen molar-refractivity contribution in [1.82, 2.24) is 44.1 Å². The van der Waals surface area contributed by atoms with Crippen LogP contribution in [0.5, 0.6) is 5.75 Å². The average Bonchev–Trinajstić information content (AvgIpc) is 3.68. The number of aryl methyl sites for hydroxylation is 2. The van der Waals surface area contributed by atoms with Crippen molar-refractivity contribution in [2.75, 3.05) is 17.7 Å². The Kier molecular flexibility index (Phi) is 5.92. The number of nitrogens with zero attached hydrogens (tertiary/aromatic N) is 9. The number of hydrogen-bond donors (Lipinski definition) is 2. The van der Waals surface area contributed by atoms with E-state index in [9.17, 15) is 4.79 Å². The molecule has 0 unspecified atom stereocenters. The largest absolute Gasteiger partial charge is 0.497 e. The zero-order chi connectivity index (χ0) is 26.9. The van der Waals surface area contributed by atoms with Gasteiger partial charge in [0, 0.05) is 48.9 Å². The van der Waals surface area contributed by atoms with Gasteiger partial charge in [0.1, 0.15) is 29.8 Å². The second-order valence-corrected chi connectivity index (χ2v) is 8.73. The average molecular weight is 522 g/mol. The topological polar surface area (TPSA) is 142 Å². The van der Waals surface area contributed by atoms with Gasteiger partial charge in [-0.05, 0) is 30.3 Å². The van der Waals surface area contributed by atoms with Gasteiger partial charge >= 0.3 is 0 Å². The first kappa shape index (κ1) is 23.8. The quantitative estimate of drug-likeness (QED) is 0.323. The summed E-state index contributed by atoms with van der Waals surface area (Å²) in [5.74, 6) is 1.88. The highest BCUT2D eigenvalue weighted by Gasteiger charge is 2.17. The molecule has 2 aromatic carbocycles. The van der Waals surface area contributed by atoms with Gasteiger partial charge in [0.2, 0.25) is 0 Å². The second kappa shape index (κ2) is 9.70. The lowest BCUT2D eigenvalue weighted by Crippen LogP contribution is -2.12. The molecular weight excluding hydrogens is 498 g/mol. The molecule has 6 rings (SSSR count). The molecule has 6 aromatic rings.